The Kier molecular flexibility index (Phi) is 5.26. The SMILES string of the molecule is C[C@@H](Oc1ccc(F)cc1)C(=O)N(C)Cc1nc(-c2ccccc2)no1. The van der Waals surface area contributed by atoms with Crippen molar-refractivity contribution in [3.8, 4) is 17.1 Å². The molecule has 0 aliphatic carbocycles. The molecule has 7 heteroatoms. The van der Waals surface area contributed by atoms with Crippen LogP contribution in [0.1, 0.15) is 12.8 Å². The predicted molar refractivity (Wildman–Crippen MR) is 92.7 cm³/mol. The molecule has 2 aromatic carbocycles. The lowest BCUT2D eigenvalue weighted by molar-refractivity contribution is -0.137. The van der Waals surface area contributed by atoms with Crippen LogP contribution in [0, 0.1) is 5.82 Å². The summed E-state index contributed by atoms with van der Waals surface area (Å²) in [6, 6.07) is 14.9. The highest BCUT2D eigenvalue weighted by Gasteiger charge is 2.21. The van der Waals surface area contributed by atoms with Crippen LogP contribution in [0.4, 0.5) is 4.39 Å². The third kappa shape index (κ3) is 4.24. The zero-order valence-electron chi connectivity index (χ0n) is 14.4. The first kappa shape index (κ1) is 17.6. The number of likely N-dealkylation sites (N-methyl/N-ethyl adjacent to an activating group) is 1. The van der Waals surface area contributed by atoms with Gasteiger partial charge < -0.3 is 14.2 Å². The third-order valence-corrected chi connectivity index (χ3v) is 3.72. The number of hydrogen-bond acceptors (Lipinski definition) is 5. The van der Waals surface area contributed by atoms with Crippen molar-refractivity contribution in [3.63, 3.8) is 0 Å². The number of hydrogen-bond donors (Lipinski definition) is 0. The van der Waals surface area contributed by atoms with E-state index in [0.29, 0.717) is 17.5 Å². The summed E-state index contributed by atoms with van der Waals surface area (Å²) in [5.74, 6) is 0.600. The molecule has 0 N–H and O–H groups in total. The summed E-state index contributed by atoms with van der Waals surface area (Å²) in [7, 11) is 1.62. The molecule has 1 heterocycles. The van der Waals surface area contributed by atoms with Gasteiger partial charge in [0.25, 0.3) is 5.91 Å². The molecule has 6 nitrogen and oxygen atoms in total. The molecule has 3 rings (SSSR count). The zero-order chi connectivity index (χ0) is 18.5. The molecule has 3 aromatic rings. The molecule has 0 aliphatic rings. The molecule has 0 bridgehead atoms. The predicted octanol–water partition coefficient (Wildman–Crippen LogP) is 3.30. The lowest BCUT2D eigenvalue weighted by Crippen LogP contribution is -2.37. The quantitative estimate of drug-likeness (QED) is 0.679. The third-order valence-electron chi connectivity index (χ3n) is 3.72. The summed E-state index contributed by atoms with van der Waals surface area (Å²) in [6.07, 6.45) is -0.734. The number of ether oxygens (including phenoxy) is 1. The Morgan fingerprint density at radius 2 is 1.88 bits per heavy atom. The van der Waals surface area contributed by atoms with Gasteiger partial charge in [-0.05, 0) is 31.2 Å². The molecular weight excluding hydrogens is 337 g/mol. The second kappa shape index (κ2) is 7.77. The largest absolute Gasteiger partial charge is 0.481 e. The summed E-state index contributed by atoms with van der Waals surface area (Å²) in [6.45, 7) is 1.79. The van der Waals surface area contributed by atoms with E-state index in [1.165, 1.54) is 29.2 Å². The van der Waals surface area contributed by atoms with Crippen LogP contribution in [0.5, 0.6) is 5.75 Å². The Labute approximate surface area is 150 Å². The van der Waals surface area contributed by atoms with Gasteiger partial charge in [-0.15, -0.1) is 0 Å². The molecule has 0 saturated carbocycles. The van der Waals surface area contributed by atoms with Gasteiger partial charge in [0.2, 0.25) is 11.7 Å². The summed E-state index contributed by atoms with van der Waals surface area (Å²) in [4.78, 5) is 18.2. The summed E-state index contributed by atoms with van der Waals surface area (Å²) in [5, 5.41) is 3.93. The van der Waals surface area contributed by atoms with Crippen molar-refractivity contribution in [1.82, 2.24) is 15.0 Å². The normalized spacial score (nSPS) is 11.8. The van der Waals surface area contributed by atoms with Crippen molar-refractivity contribution in [1.29, 1.82) is 0 Å². The van der Waals surface area contributed by atoms with E-state index >= 15 is 0 Å². The van der Waals surface area contributed by atoms with Gasteiger partial charge in [0.15, 0.2) is 6.10 Å². The highest BCUT2D eigenvalue weighted by Crippen LogP contribution is 2.17. The minimum Gasteiger partial charge on any atom is -0.481 e. The van der Waals surface area contributed by atoms with Gasteiger partial charge in [0, 0.05) is 12.6 Å². The van der Waals surface area contributed by atoms with Gasteiger partial charge in [-0.2, -0.15) is 4.98 Å². The molecule has 1 aromatic heterocycles. The molecular formula is C19H18FN3O3. The van der Waals surface area contributed by atoms with Crippen molar-refractivity contribution < 1.29 is 18.4 Å². The Bertz CT molecular complexity index is 865. The number of amides is 1. The van der Waals surface area contributed by atoms with E-state index in [-0.39, 0.29) is 18.3 Å². The molecule has 0 unspecified atom stereocenters. The number of aromatic nitrogens is 2. The zero-order valence-corrected chi connectivity index (χ0v) is 14.4. The Balaban J connectivity index is 1.60. The first-order valence-electron chi connectivity index (χ1n) is 8.08. The average Bonchev–Trinajstić information content (AvgIpc) is 3.12. The maximum atomic E-state index is 12.9. The smallest absolute Gasteiger partial charge is 0.263 e. The van der Waals surface area contributed by atoms with Crippen molar-refractivity contribution in [2.24, 2.45) is 0 Å². The van der Waals surface area contributed by atoms with Gasteiger partial charge >= 0.3 is 0 Å². The standard InChI is InChI=1S/C19H18FN3O3/c1-13(25-16-10-8-15(20)9-11-16)19(24)23(2)12-17-21-18(22-26-17)14-6-4-3-5-7-14/h3-11,13H,12H2,1-2H3/t13-/m1/s1. The number of rotatable bonds is 6. The fourth-order valence-electron chi connectivity index (χ4n) is 2.38. The van der Waals surface area contributed by atoms with E-state index in [2.05, 4.69) is 10.1 Å². The lowest BCUT2D eigenvalue weighted by atomic mass is 10.2. The first-order chi connectivity index (χ1) is 12.5. The van der Waals surface area contributed by atoms with Crippen molar-refractivity contribution in [3.05, 3.63) is 66.3 Å². The van der Waals surface area contributed by atoms with Gasteiger partial charge in [0.1, 0.15) is 11.6 Å². The Morgan fingerprint density at radius 3 is 2.58 bits per heavy atom. The van der Waals surface area contributed by atoms with Crippen LogP contribution in [0.25, 0.3) is 11.4 Å². The number of benzene rings is 2. The molecule has 0 radical (unpaired) electrons. The number of carbonyl (C=O) groups is 1. The average molecular weight is 355 g/mol. The van der Waals surface area contributed by atoms with E-state index in [0.717, 1.165) is 5.56 Å². The molecule has 0 fully saturated rings. The summed E-state index contributed by atoms with van der Waals surface area (Å²) in [5.41, 5.74) is 0.837. The van der Waals surface area contributed by atoms with Crippen LogP contribution >= 0.6 is 0 Å². The van der Waals surface area contributed by atoms with Crippen LogP contribution in [0.2, 0.25) is 0 Å². The van der Waals surface area contributed by atoms with Gasteiger partial charge in [-0.1, -0.05) is 35.5 Å². The number of carbonyl (C=O) groups excluding carboxylic acids is 1. The van der Waals surface area contributed by atoms with Gasteiger partial charge in [0.05, 0.1) is 6.54 Å². The van der Waals surface area contributed by atoms with Crippen molar-refractivity contribution in [2.45, 2.75) is 19.6 Å². The Morgan fingerprint density at radius 1 is 1.19 bits per heavy atom. The molecule has 0 aliphatic heterocycles. The molecule has 26 heavy (non-hydrogen) atoms. The van der Waals surface area contributed by atoms with Crippen molar-refractivity contribution in [2.75, 3.05) is 7.05 Å². The Hall–Kier alpha value is -3.22. The summed E-state index contributed by atoms with van der Waals surface area (Å²) < 4.78 is 23.7. The minimum absolute atomic E-state index is 0.162. The van der Waals surface area contributed by atoms with Crippen LogP contribution < -0.4 is 4.74 Å². The van der Waals surface area contributed by atoms with Crippen LogP contribution in [-0.2, 0) is 11.3 Å². The van der Waals surface area contributed by atoms with Crippen LogP contribution in [0.15, 0.2) is 59.1 Å². The highest BCUT2D eigenvalue weighted by molar-refractivity contribution is 5.80. The first-order valence-corrected chi connectivity index (χ1v) is 8.08. The van der Waals surface area contributed by atoms with Crippen molar-refractivity contribution >= 4 is 5.91 Å². The fraction of sp³-hybridized carbons (Fsp3) is 0.211. The number of nitrogens with zero attached hydrogens (tertiary/aromatic N) is 3. The van der Waals surface area contributed by atoms with E-state index in [1.807, 2.05) is 30.3 Å². The summed E-state index contributed by atoms with van der Waals surface area (Å²) >= 11 is 0. The molecule has 1 amide bonds. The second-order valence-electron chi connectivity index (χ2n) is 5.79. The van der Waals surface area contributed by atoms with E-state index in [9.17, 15) is 9.18 Å². The maximum absolute atomic E-state index is 12.9. The fourth-order valence-corrected chi connectivity index (χ4v) is 2.38. The number of halogens is 1. The highest BCUT2D eigenvalue weighted by atomic mass is 19.1. The minimum atomic E-state index is -0.734. The van der Waals surface area contributed by atoms with Gasteiger partial charge in [-0.3, -0.25) is 4.79 Å². The second-order valence-corrected chi connectivity index (χ2v) is 5.79. The monoisotopic (exact) mass is 355 g/mol. The van der Waals surface area contributed by atoms with Crippen LogP contribution in [-0.4, -0.2) is 34.1 Å². The topological polar surface area (TPSA) is 68.5 Å². The molecule has 0 saturated heterocycles. The van der Waals surface area contributed by atoms with E-state index in [1.54, 1.807) is 14.0 Å². The maximum Gasteiger partial charge on any atom is 0.263 e. The van der Waals surface area contributed by atoms with Gasteiger partial charge in [-0.25, -0.2) is 4.39 Å². The van der Waals surface area contributed by atoms with E-state index in [4.69, 9.17) is 9.26 Å². The molecule has 1 atom stereocenters. The lowest BCUT2D eigenvalue weighted by Gasteiger charge is -2.20. The van der Waals surface area contributed by atoms with Crippen LogP contribution in [0.3, 0.4) is 0 Å². The molecule has 134 valence electrons. The van der Waals surface area contributed by atoms with E-state index < -0.39 is 6.10 Å². The molecule has 0 spiro atoms.